The van der Waals surface area contributed by atoms with Gasteiger partial charge in [0.2, 0.25) is 0 Å². The maximum absolute atomic E-state index is 11.3. The molecule has 0 aromatic carbocycles. The van der Waals surface area contributed by atoms with Crippen LogP contribution in [0.3, 0.4) is 0 Å². The molecule has 3 rings (SSSR count). The summed E-state index contributed by atoms with van der Waals surface area (Å²) in [6, 6.07) is 0. The van der Waals surface area contributed by atoms with Crippen LogP contribution in [0.5, 0.6) is 0 Å². The van der Waals surface area contributed by atoms with E-state index in [2.05, 4.69) is 0 Å². The molecule has 20 heavy (non-hydrogen) atoms. The van der Waals surface area contributed by atoms with E-state index in [-0.39, 0.29) is 5.48 Å². The van der Waals surface area contributed by atoms with E-state index in [0.717, 1.165) is 0 Å². The van der Waals surface area contributed by atoms with E-state index >= 15 is 0 Å². The van der Waals surface area contributed by atoms with Crippen LogP contribution in [0.1, 0.15) is 27.7 Å². The Morgan fingerprint density at radius 3 is 2.05 bits per heavy atom. The molecule has 8 heteroatoms. The normalized spacial score (nSPS) is 44.3. The molecular weight excluding hydrogens is 272 g/mol. The number of rotatable bonds is 1. The van der Waals surface area contributed by atoms with E-state index in [1.165, 1.54) is 0 Å². The van der Waals surface area contributed by atoms with Crippen molar-refractivity contribution in [3.63, 3.8) is 0 Å². The van der Waals surface area contributed by atoms with Gasteiger partial charge in [-0.05, 0) is 27.7 Å². The van der Waals surface area contributed by atoms with E-state index in [1.54, 1.807) is 27.7 Å². The van der Waals surface area contributed by atoms with Crippen molar-refractivity contribution in [2.45, 2.75) is 70.0 Å². The molecule has 3 N–H and O–H groups in total. The number of carboxylic acid groups (broad SMARTS) is 1. The minimum atomic E-state index is -1.09. The van der Waals surface area contributed by atoms with Gasteiger partial charge in [-0.1, -0.05) is 0 Å². The summed E-state index contributed by atoms with van der Waals surface area (Å²) in [5.41, 5.74) is 0. The third-order valence-electron chi connectivity index (χ3n) is 3.40. The molecule has 3 aliphatic rings. The van der Waals surface area contributed by atoms with E-state index in [9.17, 15) is 9.90 Å². The lowest BCUT2D eigenvalue weighted by atomic mass is 10.0. The first-order valence-electron chi connectivity index (χ1n) is 6.28. The number of carboxylic acids is 1. The fraction of sp³-hybridized carbons (Fsp3) is 0.917. The first kappa shape index (κ1) is 15.6. The summed E-state index contributed by atoms with van der Waals surface area (Å²) >= 11 is 0. The van der Waals surface area contributed by atoms with Crippen molar-refractivity contribution in [3.8, 4) is 0 Å². The van der Waals surface area contributed by atoms with Crippen LogP contribution >= 0.6 is 0 Å². The summed E-state index contributed by atoms with van der Waals surface area (Å²) in [4.78, 5) is 11.3. The summed E-state index contributed by atoms with van der Waals surface area (Å²) < 4.78 is 28.1. The van der Waals surface area contributed by atoms with Crippen LogP contribution < -0.4 is 0 Å². The summed E-state index contributed by atoms with van der Waals surface area (Å²) in [6.07, 6.45) is -3.39. The Morgan fingerprint density at radius 2 is 1.45 bits per heavy atom. The van der Waals surface area contributed by atoms with Crippen molar-refractivity contribution in [3.05, 3.63) is 0 Å². The Bertz CT molecular complexity index is 406. The van der Waals surface area contributed by atoms with Crippen LogP contribution in [0.2, 0.25) is 0 Å². The number of carbonyl (C=O) groups is 1. The molecular formula is C12H20O8. The van der Waals surface area contributed by atoms with Crippen LogP contribution in [0.15, 0.2) is 0 Å². The maximum atomic E-state index is 11.3. The van der Waals surface area contributed by atoms with Crippen molar-refractivity contribution >= 4 is 5.97 Å². The second kappa shape index (κ2) is 4.62. The molecule has 3 heterocycles. The Kier molecular flexibility index (Phi) is 3.61. The largest absolute Gasteiger partial charge is 0.479 e. The average Bonchev–Trinajstić information content (AvgIpc) is 2.69. The van der Waals surface area contributed by atoms with Gasteiger partial charge in [0.05, 0.1) is 0 Å². The number of hydrogen-bond acceptors (Lipinski definition) is 6. The minimum Gasteiger partial charge on any atom is -0.479 e. The van der Waals surface area contributed by atoms with Gasteiger partial charge in [-0.2, -0.15) is 0 Å². The lowest BCUT2D eigenvalue weighted by Gasteiger charge is -2.42. The molecule has 0 spiro atoms. The Labute approximate surface area is 116 Å². The van der Waals surface area contributed by atoms with Gasteiger partial charge in [-0.25, -0.2) is 4.79 Å². The Balaban J connectivity index is 0.00000147. The molecule has 0 radical (unpaired) electrons. The maximum Gasteiger partial charge on any atom is 0.335 e. The van der Waals surface area contributed by atoms with E-state index in [1.807, 2.05) is 0 Å². The quantitative estimate of drug-likeness (QED) is 0.701. The number of ether oxygens (including phenoxy) is 5. The van der Waals surface area contributed by atoms with Crippen molar-refractivity contribution in [2.75, 3.05) is 0 Å². The van der Waals surface area contributed by atoms with Gasteiger partial charge in [-0.15, -0.1) is 0 Å². The number of hydrogen-bond donors (Lipinski definition) is 1. The lowest BCUT2D eigenvalue weighted by Crippen LogP contribution is -2.58. The smallest absolute Gasteiger partial charge is 0.335 e. The fourth-order valence-corrected chi connectivity index (χ4v) is 2.80. The molecule has 3 fully saturated rings. The van der Waals surface area contributed by atoms with Crippen molar-refractivity contribution in [1.29, 1.82) is 0 Å². The van der Waals surface area contributed by atoms with Gasteiger partial charge >= 0.3 is 5.97 Å². The predicted molar refractivity (Wildman–Crippen MR) is 63.8 cm³/mol. The highest BCUT2D eigenvalue weighted by Gasteiger charge is 2.62. The van der Waals surface area contributed by atoms with E-state index in [0.29, 0.717) is 0 Å². The van der Waals surface area contributed by atoms with E-state index in [4.69, 9.17) is 23.7 Å². The summed E-state index contributed by atoms with van der Waals surface area (Å²) in [7, 11) is 0. The third kappa shape index (κ3) is 2.43. The molecule has 8 nitrogen and oxygen atoms in total. The Morgan fingerprint density at radius 1 is 0.900 bits per heavy atom. The van der Waals surface area contributed by atoms with Crippen molar-refractivity contribution < 1.29 is 39.1 Å². The van der Waals surface area contributed by atoms with Gasteiger partial charge in [0.15, 0.2) is 24.0 Å². The van der Waals surface area contributed by atoms with Crippen LogP contribution in [0, 0.1) is 0 Å². The molecule has 0 aliphatic carbocycles. The SMILES string of the molecule is CC1(C)O[C@@H]2O[C@@H]3C(C(=O)O)OC(C)(C)O[C@@H]3[C@@H]2O1.O. The Hall–Kier alpha value is -0.770. The van der Waals surface area contributed by atoms with Crippen molar-refractivity contribution in [1.82, 2.24) is 0 Å². The minimum absolute atomic E-state index is 0. The third-order valence-corrected chi connectivity index (χ3v) is 3.40. The van der Waals surface area contributed by atoms with Gasteiger partial charge in [0.1, 0.15) is 18.3 Å². The van der Waals surface area contributed by atoms with Crippen LogP contribution in [-0.4, -0.2) is 58.8 Å². The van der Waals surface area contributed by atoms with Crippen LogP contribution in [0.25, 0.3) is 0 Å². The number of aliphatic carboxylic acids is 1. The highest BCUT2D eigenvalue weighted by atomic mass is 16.9. The van der Waals surface area contributed by atoms with Crippen LogP contribution in [0.4, 0.5) is 0 Å². The fourth-order valence-electron chi connectivity index (χ4n) is 2.80. The highest BCUT2D eigenvalue weighted by molar-refractivity contribution is 5.73. The standard InChI is InChI=1S/C12H18O7.H2O/c1-11(2)16-6-5(7(17-11)9(13)14)15-10-8(6)18-12(3,4)19-10;/h5-8,10H,1-4H3,(H,13,14);1H2/t5-,6-,7?,8-,10-;/m0./s1. The molecule has 3 saturated heterocycles. The first-order chi connectivity index (χ1) is 8.69. The lowest BCUT2D eigenvalue weighted by molar-refractivity contribution is -0.339. The monoisotopic (exact) mass is 292 g/mol. The average molecular weight is 292 g/mol. The van der Waals surface area contributed by atoms with Gasteiger partial charge in [0, 0.05) is 0 Å². The molecule has 0 bridgehead atoms. The molecule has 0 amide bonds. The second-order valence-electron chi connectivity index (χ2n) is 5.93. The van der Waals surface area contributed by atoms with Crippen molar-refractivity contribution in [2.24, 2.45) is 0 Å². The van der Waals surface area contributed by atoms with Crippen LogP contribution in [-0.2, 0) is 28.5 Å². The highest BCUT2D eigenvalue weighted by Crippen LogP contribution is 2.44. The zero-order valence-electron chi connectivity index (χ0n) is 11.8. The van der Waals surface area contributed by atoms with Gasteiger partial charge in [-0.3, -0.25) is 0 Å². The summed E-state index contributed by atoms with van der Waals surface area (Å²) in [6.45, 7) is 6.91. The topological polar surface area (TPSA) is 115 Å². The molecule has 0 aromatic heterocycles. The molecule has 5 atom stereocenters. The molecule has 0 aromatic rings. The summed E-state index contributed by atoms with van der Waals surface area (Å²) in [5.74, 6) is -2.84. The molecule has 116 valence electrons. The first-order valence-corrected chi connectivity index (χ1v) is 6.28. The zero-order valence-corrected chi connectivity index (χ0v) is 11.8. The van der Waals surface area contributed by atoms with Gasteiger partial charge in [0.25, 0.3) is 0 Å². The second-order valence-corrected chi connectivity index (χ2v) is 5.93. The molecule has 0 saturated carbocycles. The molecule has 1 unspecified atom stereocenters. The molecule has 3 aliphatic heterocycles. The van der Waals surface area contributed by atoms with Gasteiger partial charge < -0.3 is 34.3 Å². The number of fused-ring (bicyclic) bond motifs is 3. The van der Waals surface area contributed by atoms with E-state index < -0.39 is 48.2 Å². The predicted octanol–water partition coefficient (Wildman–Crippen LogP) is -0.357. The zero-order chi connectivity index (χ0) is 14.0. The summed E-state index contributed by atoms with van der Waals surface area (Å²) in [5, 5.41) is 9.24.